The summed E-state index contributed by atoms with van der Waals surface area (Å²) >= 11 is 4.89. The van der Waals surface area contributed by atoms with Gasteiger partial charge in [-0.2, -0.15) is 13.2 Å². The molecule has 1 atom stereocenters. The van der Waals surface area contributed by atoms with Gasteiger partial charge < -0.3 is 11.1 Å². The lowest BCUT2D eigenvalue weighted by atomic mass is 10.1. The molecule has 0 saturated carbocycles. The first-order chi connectivity index (χ1) is 8.19. The number of nitrogens with one attached hydrogen (secondary N) is 1. The summed E-state index contributed by atoms with van der Waals surface area (Å²) in [4.78, 5) is 0.167. The van der Waals surface area contributed by atoms with E-state index in [-0.39, 0.29) is 4.99 Å². The van der Waals surface area contributed by atoms with Gasteiger partial charge in [-0.3, -0.25) is 0 Å². The maximum atomic E-state index is 12.2. The summed E-state index contributed by atoms with van der Waals surface area (Å²) in [6, 6.07) is 4.51. The number of alkyl halides is 3. The van der Waals surface area contributed by atoms with Crippen molar-refractivity contribution < 1.29 is 13.2 Å². The van der Waals surface area contributed by atoms with Crippen LogP contribution in [0.2, 0.25) is 0 Å². The molecule has 6 heteroatoms. The van der Waals surface area contributed by atoms with E-state index in [9.17, 15) is 13.2 Å². The molecule has 0 radical (unpaired) electrons. The molecule has 0 aromatic heterocycles. The summed E-state index contributed by atoms with van der Waals surface area (Å²) in [7, 11) is 0. The Labute approximate surface area is 109 Å². The monoisotopic (exact) mass is 276 g/mol. The van der Waals surface area contributed by atoms with Gasteiger partial charge in [-0.05, 0) is 26.0 Å². The molecule has 0 fully saturated rings. The number of nitrogens with two attached hydrogens (primary N) is 1. The molecule has 0 spiro atoms. The molecule has 0 aliphatic carbocycles. The van der Waals surface area contributed by atoms with E-state index in [2.05, 4.69) is 5.32 Å². The van der Waals surface area contributed by atoms with Crippen molar-refractivity contribution in [3.63, 3.8) is 0 Å². The number of hydrogen-bond donors (Lipinski definition) is 2. The molecule has 0 aliphatic rings. The van der Waals surface area contributed by atoms with Crippen LogP contribution in [0, 0.1) is 6.92 Å². The zero-order valence-electron chi connectivity index (χ0n) is 10.1. The molecule has 0 saturated heterocycles. The molecule has 1 aromatic carbocycles. The number of anilines is 1. The Morgan fingerprint density at radius 2 is 2.06 bits per heavy atom. The van der Waals surface area contributed by atoms with Crippen LogP contribution in [0.25, 0.3) is 0 Å². The van der Waals surface area contributed by atoms with Crippen LogP contribution < -0.4 is 11.1 Å². The normalized spacial score (nSPS) is 13.2. The van der Waals surface area contributed by atoms with E-state index in [0.29, 0.717) is 11.3 Å². The number of hydrogen-bond acceptors (Lipinski definition) is 2. The Hall–Kier alpha value is -1.30. The fraction of sp³-hybridized carbons (Fsp3) is 0.417. The van der Waals surface area contributed by atoms with E-state index >= 15 is 0 Å². The Morgan fingerprint density at radius 3 is 2.56 bits per heavy atom. The molecular formula is C12H15F3N2S. The minimum Gasteiger partial charge on any atom is -0.389 e. The SMILES string of the molecule is Cc1ccc(NC(C)CC(F)(F)F)c(C(N)=S)c1. The van der Waals surface area contributed by atoms with Crippen molar-refractivity contribution in [1.29, 1.82) is 0 Å². The fourth-order valence-corrected chi connectivity index (χ4v) is 1.82. The average Bonchev–Trinajstić information content (AvgIpc) is 2.17. The maximum absolute atomic E-state index is 12.2. The molecule has 0 aliphatic heterocycles. The predicted octanol–water partition coefficient (Wildman–Crippen LogP) is 3.38. The number of thiocarbonyl (C=S) groups is 1. The van der Waals surface area contributed by atoms with E-state index in [4.69, 9.17) is 18.0 Å². The largest absolute Gasteiger partial charge is 0.391 e. The smallest absolute Gasteiger partial charge is 0.389 e. The third-order valence-electron chi connectivity index (χ3n) is 2.38. The summed E-state index contributed by atoms with van der Waals surface area (Å²) in [6.45, 7) is 3.33. The van der Waals surface area contributed by atoms with Crippen molar-refractivity contribution in [2.45, 2.75) is 32.5 Å². The standard InChI is InChI=1S/C12H15F3N2S/c1-7-3-4-10(9(5-7)11(16)18)17-8(2)6-12(13,14)15/h3-5,8,17H,6H2,1-2H3,(H2,16,18). The lowest BCUT2D eigenvalue weighted by Crippen LogP contribution is -2.25. The van der Waals surface area contributed by atoms with Crippen LogP contribution in [0.15, 0.2) is 18.2 Å². The number of halogens is 3. The van der Waals surface area contributed by atoms with Crippen molar-refractivity contribution in [2.75, 3.05) is 5.32 Å². The molecule has 100 valence electrons. The van der Waals surface area contributed by atoms with Crippen LogP contribution in [0.4, 0.5) is 18.9 Å². The Bertz CT molecular complexity index is 443. The van der Waals surface area contributed by atoms with Crippen LogP contribution >= 0.6 is 12.2 Å². The van der Waals surface area contributed by atoms with Gasteiger partial charge in [-0.15, -0.1) is 0 Å². The van der Waals surface area contributed by atoms with Gasteiger partial charge in [0.05, 0.1) is 6.42 Å². The Kier molecular flexibility index (Phi) is 4.56. The van der Waals surface area contributed by atoms with Crippen molar-refractivity contribution in [3.05, 3.63) is 29.3 Å². The van der Waals surface area contributed by atoms with E-state index < -0.39 is 18.6 Å². The molecule has 1 unspecified atom stereocenters. The first kappa shape index (κ1) is 14.8. The van der Waals surface area contributed by atoms with Crippen LogP contribution in [0.1, 0.15) is 24.5 Å². The van der Waals surface area contributed by atoms with Crippen molar-refractivity contribution in [1.82, 2.24) is 0 Å². The Balaban J connectivity index is 2.87. The molecule has 1 aromatic rings. The van der Waals surface area contributed by atoms with Crippen LogP contribution in [0.3, 0.4) is 0 Å². The molecule has 3 N–H and O–H groups in total. The third kappa shape index (κ3) is 4.52. The minimum atomic E-state index is -4.19. The van der Waals surface area contributed by atoms with Crippen molar-refractivity contribution >= 4 is 22.9 Å². The first-order valence-corrected chi connectivity index (χ1v) is 5.83. The zero-order valence-corrected chi connectivity index (χ0v) is 11.0. The summed E-state index contributed by atoms with van der Waals surface area (Å²) in [5.74, 6) is 0. The molecule has 0 bridgehead atoms. The Morgan fingerprint density at radius 1 is 1.44 bits per heavy atom. The maximum Gasteiger partial charge on any atom is 0.391 e. The summed E-state index contributed by atoms with van der Waals surface area (Å²) in [5.41, 5.74) is 7.61. The number of aryl methyl sites for hydroxylation is 1. The van der Waals surface area contributed by atoms with Crippen molar-refractivity contribution in [2.24, 2.45) is 5.73 Å². The van der Waals surface area contributed by atoms with E-state index in [0.717, 1.165) is 5.56 Å². The van der Waals surface area contributed by atoms with Gasteiger partial charge in [0.15, 0.2) is 0 Å². The van der Waals surface area contributed by atoms with Gasteiger partial charge in [-0.25, -0.2) is 0 Å². The van der Waals surface area contributed by atoms with Gasteiger partial charge in [0.2, 0.25) is 0 Å². The quantitative estimate of drug-likeness (QED) is 0.828. The lowest BCUT2D eigenvalue weighted by Gasteiger charge is -2.19. The minimum absolute atomic E-state index is 0.167. The first-order valence-electron chi connectivity index (χ1n) is 5.43. The number of rotatable bonds is 4. The van der Waals surface area contributed by atoms with E-state index in [1.165, 1.54) is 6.92 Å². The highest BCUT2D eigenvalue weighted by Gasteiger charge is 2.30. The van der Waals surface area contributed by atoms with Gasteiger partial charge in [0, 0.05) is 17.3 Å². The van der Waals surface area contributed by atoms with E-state index in [1.54, 1.807) is 18.2 Å². The summed E-state index contributed by atoms with van der Waals surface area (Å²) < 4.78 is 36.7. The highest BCUT2D eigenvalue weighted by Crippen LogP contribution is 2.25. The fourth-order valence-electron chi connectivity index (χ4n) is 1.65. The van der Waals surface area contributed by atoms with Crippen molar-refractivity contribution in [3.8, 4) is 0 Å². The molecular weight excluding hydrogens is 261 g/mol. The molecule has 2 nitrogen and oxygen atoms in total. The second kappa shape index (κ2) is 5.56. The van der Waals surface area contributed by atoms with Gasteiger partial charge in [0.25, 0.3) is 0 Å². The van der Waals surface area contributed by atoms with Crippen LogP contribution in [0.5, 0.6) is 0 Å². The predicted molar refractivity (Wildman–Crippen MR) is 70.8 cm³/mol. The molecule has 0 heterocycles. The highest BCUT2D eigenvalue weighted by molar-refractivity contribution is 7.80. The average molecular weight is 276 g/mol. The van der Waals surface area contributed by atoms with Gasteiger partial charge in [-0.1, -0.05) is 23.8 Å². The highest BCUT2D eigenvalue weighted by atomic mass is 32.1. The molecule has 18 heavy (non-hydrogen) atoms. The van der Waals surface area contributed by atoms with E-state index in [1.807, 2.05) is 6.92 Å². The van der Waals surface area contributed by atoms with Gasteiger partial charge in [0.1, 0.15) is 4.99 Å². The lowest BCUT2D eigenvalue weighted by molar-refractivity contribution is -0.136. The molecule has 0 amide bonds. The topological polar surface area (TPSA) is 38.0 Å². The van der Waals surface area contributed by atoms with Gasteiger partial charge >= 0.3 is 6.18 Å². The second-order valence-corrected chi connectivity index (χ2v) is 4.72. The zero-order chi connectivity index (χ0) is 13.9. The molecule has 1 rings (SSSR count). The number of benzene rings is 1. The van der Waals surface area contributed by atoms with Crippen LogP contribution in [-0.2, 0) is 0 Å². The second-order valence-electron chi connectivity index (χ2n) is 4.28. The summed E-state index contributed by atoms with van der Waals surface area (Å²) in [6.07, 6.45) is -5.10. The van der Waals surface area contributed by atoms with Crippen LogP contribution in [-0.4, -0.2) is 17.2 Å². The summed E-state index contributed by atoms with van der Waals surface area (Å²) in [5, 5.41) is 2.79. The third-order valence-corrected chi connectivity index (χ3v) is 2.60.